The average molecular weight is 274 g/mol. The minimum absolute atomic E-state index is 0.201. The molecule has 7 nitrogen and oxygen atoms in total. The van der Waals surface area contributed by atoms with Gasteiger partial charge in [0, 0.05) is 6.61 Å². The van der Waals surface area contributed by atoms with E-state index in [-0.39, 0.29) is 19.3 Å². The highest BCUT2D eigenvalue weighted by Crippen LogP contribution is 2.04. The zero-order chi connectivity index (χ0) is 12.8. The molecule has 4 N–H and O–H groups in total. The quantitative estimate of drug-likeness (QED) is 0.246. The maximum atomic E-state index is 10.3. The van der Waals surface area contributed by atoms with E-state index in [0.717, 1.165) is 0 Å². The third-order valence-corrected chi connectivity index (χ3v) is 3.76. The fraction of sp³-hybridized carbons (Fsp3) is 1.00. The first-order chi connectivity index (χ1) is 7.10. The van der Waals surface area contributed by atoms with E-state index < -0.39 is 30.5 Å². The van der Waals surface area contributed by atoms with Crippen molar-refractivity contribution in [1.29, 1.82) is 0 Å². The van der Waals surface area contributed by atoms with Gasteiger partial charge < -0.3 is 19.4 Å². The lowest BCUT2D eigenvalue weighted by Gasteiger charge is -2.12. The normalized spacial score (nSPS) is 15.1. The zero-order valence-corrected chi connectivity index (χ0v) is 10.9. The van der Waals surface area contributed by atoms with E-state index in [1.165, 1.54) is 6.55 Å². The lowest BCUT2D eigenvalue weighted by molar-refractivity contribution is 0.0469. The third kappa shape index (κ3) is 12.0. The molecule has 98 valence electrons. The molecule has 0 amide bonds. The Morgan fingerprint density at radius 3 is 2.38 bits per heavy atom. The molecule has 0 saturated heterocycles. The van der Waals surface area contributed by atoms with Gasteiger partial charge in [-0.1, -0.05) is 0 Å². The van der Waals surface area contributed by atoms with Gasteiger partial charge in [0.15, 0.2) is 0 Å². The molecule has 0 aromatic heterocycles. The Hall–Kier alpha value is -0.0331. The van der Waals surface area contributed by atoms with Gasteiger partial charge in [0.05, 0.1) is 12.7 Å². The van der Waals surface area contributed by atoms with Crippen LogP contribution in [-0.2, 0) is 14.9 Å². The fourth-order valence-electron chi connectivity index (χ4n) is 1.02. The number of hydrogen-bond acceptors (Lipinski definition) is 6. The molecule has 16 heavy (non-hydrogen) atoms. The SMILES string of the molecule is C[Si](O)(O)CCCOCC(O)CS(=O)(=O)O. The van der Waals surface area contributed by atoms with Crippen LogP contribution in [0.25, 0.3) is 0 Å². The van der Waals surface area contributed by atoms with Crippen molar-refractivity contribution in [2.75, 3.05) is 19.0 Å². The number of hydrogen-bond donors (Lipinski definition) is 4. The molecule has 0 aliphatic carbocycles. The van der Waals surface area contributed by atoms with Crippen LogP contribution in [0.2, 0.25) is 12.6 Å². The Morgan fingerprint density at radius 2 is 1.94 bits per heavy atom. The summed E-state index contributed by atoms with van der Waals surface area (Å²) < 4.78 is 34.0. The first-order valence-electron chi connectivity index (χ1n) is 4.76. The van der Waals surface area contributed by atoms with E-state index in [1.807, 2.05) is 0 Å². The topological polar surface area (TPSA) is 124 Å². The predicted molar refractivity (Wildman–Crippen MR) is 58.7 cm³/mol. The molecular weight excluding hydrogens is 256 g/mol. The summed E-state index contributed by atoms with van der Waals surface area (Å²) in [6.07, 6.45) is -0.851. The highest BCUT2D eigenvalue weighted by atomic mass is 32.2. The van der Waals surface area contributed by atoms with Gasteiger partial charge in [-0.25, -0.2) is 0 Å². The Morgan fingerprint density at radius 1 is 1.38 bits per heavy atom. The maximum absolute atomic E-state index is 10.3. The first-order valence-corrected chi connectivity index (χ1v) is 8.97. The van der Waals surface area contributed by atoms with E-state index in [1.54, 1.807) is 0 Å². The van der Waals surface area contributed by atoms with Crippen molar-refractivity contribution in [3.05, 3.63) is 0 Å². The van der Waals surface area contributed by atoms with E-state index in [0.29, 0.717) is 6.42 Å². The van der Waals surface area contributed by atoms with Gasteiger partial charge >= 0.3 is 8.56 Å². The minimum atomic E-state index is -4.19. The molecule has 1 unspecified atom stereocenters. The van der Waals surface area contributed by atoms with Crippen LogP contribution in [0.1, 0.15) is 6.42 Å². The van der Waals surface area contributed by atoms with Crippen molar-refractivity contribution < 1.29 is 32.4 Å². The summed E-state index contributed by atoms with van der Waals surface area (Å²) in [5, 5.41) is 9.09. The molecule has 0 aliphatic rings. The van der Waals surface area contributed by atoms with Crippen LogP contribution in [0.3, 0.4) is 0 Å². The van der Waals surface area contributed by atoms with Crippen LogP contribution >= 0.6 is 0 Å². The zero-order valence-electron chi connectivity index (χ0n) is 9.03. The Labute approximate surface area is 95.7 Å². The van der Waals surface area contributed by atoms with Crippen LogP contribution in [0.5, 0.6) is 0 Å². The summed E-state index contributed by atoms with van der Waals surface area (Å²) in [6.45, 7) is 1.36. The standard InChI is InChI=1S/C7H18O7SSi/c1-16(12,13)4-2-3-14-5-7(8)6-15(9,10)11/h7-8,12-13H,2-6H2,1H3,(H,9,10,11). The number of rotatable bonds is 8. The molecule has 0 fully saturated rings. The van der Waals surface area contributed by atoms with E-state index >= 15 is 0 Å². The van der Waals surface area contributed by atoms with Crippen LogP contribution in [0.15, 0.2) is 0 Å². The van der Waals surface area contributed by atoms with Crippen LogP contribution in [-0.4, -0.2) is 61.3 Å². The van der Waals surface area contributed by atoms with Crippen molar-refractivity contribution >= 4 is 18.7 Å². The molecule has 9 heteroatoms. The lowest BCUT2D eigenvalue weighted by Crippen LogP contribution is -2.30. The third-order valence-electron chi connectivity index (χ3n) is 1.65. The summed E-state index contributed by atoms with van der Waals surface area (Å²) in [7, 11) is -7.24. The lowest BCUT2D eigenvalue weighted by atomic mass is 10.4. The highest BCUT2D eigenvalue weighted by Gasteiger charge is 2.20. The summed E-state index contributed by atoms with van der Waals surface area (Å²) >= 11 is 0. The molecule has 0 spiro atoms. The molecular formula is C7H18O7SSi. The van der Waals surface area contributed by atoms with Crippen molar-refractivity contribution in [1.82, 2.24) is 0 Å². The van der Waals surface area contributed by atoms with Crippen molar-refractivity contribution in [3.63, 3.8) is 0 Å². The second kappa shape index (κ2) is 6.64. The van der Waals surface area contributed by atoms with E-state index in [9.17, 15) is 8.42 Å². The highest BCUT2D eigenvalue weighted by molar-refractivity contribution is 7.85. The molecule has 0 heterocycles. The molecule has 0 saturated carbocycles. The van der Waals surface area contributed by atoms with Crippen LogP contribution < -0.4 is 0 Å². The number of ether oxygens (including phenoxy) is 1. The average Bonchev–Trinajstić information content (AvgIpc) is 1.97. The summed E-state index contributed by atoms with van der Waals surface area (Å²) in [4.78, 5) is 18.1. The van der Waals surface area contributed by atoms with Crippen molar-refractivity contribution in [2.24, 2.45) is 0 Å². The molecule has 0 bridgehead atoms. The summed E-state index contributed by atoms with van der Waals surface area (Å²) in [5.41, 5.74) is 0. The van der Waals surface area contributed by atoms with E-state index in [2.05, 4.69) is 0 Å². The Balaban J connectivity index is 3.53. The fourth-order valence-corrected chi connectivity index (χ4v) is 2.42. The molecule has 1 atom stereocenters. The van der Waals surface area contributed by atoms with Gasteiger partial charge in [0.1, 0.15) is 5.75 Å². The monoisotopic (exact) mass is 274 g/mol. The van der Waals surface area contributed by atoms with Gasteiger partial charge in [-0.2, -0.15) is 8.42 Å². The maximum Gasteiger partial charge on any atom is 0.329 e. The summed E-state index contributed by atoms with van der Waals surface area (Å²) in [6, 6.07) is 0.251. The number of aliphatic hydroxyl groups is 1. The second-order valence-corrected chi connectivity index (χ2v) is 8.23. The van der Waals surface area contributed by atoms with E-state index in [4.69, 9.17) is 24.0 Å². The molecule has 0 rings (SSSR count). The van der Waals surface area contributed by atoms with Gasteiger partial charge in [-0.3, -0.25) is 4.55 Å². The smallest absolute Gasteiger partial charge is 0.329 e. The first kappa shape index (κ1) is 16.0. The molecule has 0 aromatic carbocycles. The number of aliphatic hydroxyl groups excluding tert-OH is 1. The predicted octanol–water partition coefficient (Wildman–Crippen LogP) is -1.30. The Kier molecular flexibility index (Phi) is 6.63. The van der Waals surface area contributed by atoms with Gasteiger partial charge in [0.2, 0.25) is 0 Å². The minimum Gasteiger partial charge on any atom is -0.411 e. The van der Waals surface area contributed by atoms with Crippen LogP contribution in [0, 0.1) is 0 Å². The summed E-state index contributed by atoms with van der Waals surface area (Å²) in [5.74, 6) is -0.764. The van der Waals surface area contributed by atoms with Crippen LogP contribution in [0.4, 0.5) is 0 Å². The van der Waals surface area contributed by atoms with Crippen molar-refractivity contribution in [2.45, 2.75) is 25.1 Å². The Bertz CT molecular complexity index is 284. The largest absolute Gasteiger partial charge is 0.411 e. The van der Waals surface area contributed by atoms with Crippen molar-refractivity contribution in [3.8, 4) is 0 Å². The van der Waals surface area contributed by atoms with Gasteiger partial charge in [-0.15, -0.1) is 0 Å². The molecule has 0 aromatic rings. The van der Waals surface area contributed by atoms with Gasteiger partial charge in [-0.05, 0) is 19.0 Å². The second-order valence-electron chi connectivity index (χ2n) is 3.80. The molecule has 0 aliphatic heterocycles. The van der Waals surface area contributed by atoms with Gasteiger partial charge in [0.25, 0.3) is 10.1 Å². The molecule has 0 radical (unpaired) electrons.